The fraction of sp³-hybridized carbons (Fsp3) is 0.167. The second-order valence-electron chi connectivity index (χ2n) is 5.97. The quantitative estimate of drug-likeness (QED) is 0.524. The molecule has 6 nitrogen and oxygen atoms in total. The van der Waals surface area contributed by atoms with Crippen molar-refractivity contribution in [3.8, 4) is 17.0 Å². The molecule has 2 N–H and O–H groups in total. The van der Waals surface area contributed by atoms with Crippen LogP contribution in [0.25, 0.3) is 21.5 Å². The molecular formula is C18H14F3N5OS. The van der Waals surface area contributed by atoms with E-state index in [1.54, 1.807) is 4.57 Å². The van der Waals surface area contributed by atoms with E-state index in [2.05, 4.69) is 20.1 Å². The van der Waals surface area contributed by atoms with Crippen LogP contribution in [0.15, 0.2) is 48.5 Å². The molecule has 28 heavy (non-hydrogen) atoms. The number of nitrogens with zero attached hydrogens (tertiary/aromatic N) is 3. The summed E-state index contributed by atoms with van der Waals surface area (Å²) in [5, 5.41) is 19.2. The maximum Gasteiger partial charge on any atom is 0.573 e. The molecule has 0 aliphatic rings. The number of hydrogen-bond acceptors (Lipinski definition) is 5. The van der Waals surface area contributed by atoms with Gasteiger partial charge in [0.1, 0.15) is 11.4 Å². The Balaban J connectivity index is 1.59. The second-order valence-corrected chi connectivity index (χ2v) is 7.00. The van der Waals surface area contributed by atoms with Crippen LogP contribution in [0, 0.1) is 5.41 Å². The summed E-state index contributed by atoms with van der Waals surface area (Å²) in [7, 11) is 0. The molecule has 4 aromatic rings. The number of halogens is 3. The highest BCUT2D eigenvalue weighted by atomic mass is 32.1. The maximum atomic E-state index is 12.4. The van der Waals surface area contributed by atoms with Gasteiger partial charge in [0.25, 0.3) is 0 Å². The lowest BCUT2D eigenvalue weighted by Gasteiger charge is -2.09. The van der Waals surface area contributed by atoms with E-state index in [4.69, 9.17) is 5.41 Å². The number of aromatic amines is 1. The second kappa shape index (κ2) is 7.12. The molecule has 144 valence electrons. The average Bonchev–Trinajstić information content (AvgIpc) is 3.22. The van der Waals surface area contributed by atoms with E-state index in [1.165, 1.54) is 18.2 Å². The Kier molecular flexibility index (Phi) is 4.63. The Labute approximate surface area is 160 Å². The van der Waals surface area contributed by atoms with E-state index in [1.807, 2.05) is 30.3 Å². The predicted molar refractivity (Wildman–Crippen MR) is 97.9 cm³/mol. The molecule has 2 heterocycles. The lowest BCUT2D eigenvalue weighted by Crippen LogP contribution is -2.17. The standard InChI is InChI=1S/C18H14F3N5OS/c19-18(20,21)27-12-6-7-14-15(10-12)28-17(22)26(14)9-8-13-16(24-25-23-13)11-4-2-1-3-5-11/h1-7,10,22H,8-9H2,(H,23,24,25). The van der Waals surface area contributed by atoms with Crippen molar-refractivity contribution in [2.45, 2.75) is 19.3 Å². The summed E-state index contributed by atoms with van der Waals surface area (Å²) >= 11 is 1.10. The fourth-order valence-electron chi connectivity index (χ4n) is 2.96. The minimum Gasteiger partial charge on any atom is -0.406 e. The van der Waals surface area contributed by atoms with Crippen LogP contribution in [-0.2, 0) is 13.0 Å². The van der Waals surface area contributed by atoms with Crippen molar-refractivity contribution in [3.63, 3.8) is 0 Å². The number of benzene rings is 2. The first-order valence-corrected chi connectivity index (χ1v) is 9.11. The molecule has 0 unspecified atom stereocenters. The molecule has 0 saturated heterocycles. The molecule has 0 aliphatic heterocycles. The zero-order valence-electron chi connectivity index (χ0n) is 14.3. The van der Waals surface area contributed by atoms with Crippen LogP contribution in [-0.4, -0.2) is 26.3 Å². The Bertz CT molecular complexity index is 1160. The molecule has 2 aromatic heterocycles. The van der Waals surface area contributed by atoms with Crippen molar-refractivity contribution in [2.24, 2.45) is 0 Å². The number of ether oxygens (including phenoxy) is 1. The molecule has 0 atom stereocenters. The molecule has 0 radical (unpaired) electrons. The average molecular weight is 405 g/mol. The number of aryl methyl sites for hydroxylation is 2. The van der Waals surface area contributed by atoms with Gasteiger partial charge in [0, 0.05) is 18.5 Å². The van der Waals surface area contributed by atoms with Gasteiger partial charge in [-0.2, -0.15) is 15.4 Å². The number of hydrogen-bond donors (Lipinski definition) is 2. The van der Waals surface area contributed by atoms with Gasteiger partial charge in [0.05, 0.1) is 15.9 Å². The van der Waals surface area contributed by atoms with Crippen LogP contribution < -0.4 is 9.54 Å². The van der Waals surface area contributed by atoms with Crippen molar-refractivity contribution in [3.05, 3.63) is 59.0 Å². The Hall–Kier alpha value is -3.14. The molecule has 0 amide bonds. The van der Waals surface area contributed by atoms with Crippen molar-refractivity contribution in [1.29, 1.82) is 5.41 Å². The third kappa shape index (κ3) is 3.77. The van der Waals surface area contributed by atoms with E-state index in [9.17, 15) is 13.2 Å². The van der Waals surface area contributed by atoms with Gasteiger partial charge in [-0.15, -0.1) is 13.2 Å². The van der Waals surface area contributed by atoms with Crippen molar-refractivity contribution in [1.82, 2.24) is 20.0 Å². The first-order valence-electron chi connectivity index (χ1n) is 8.29. The number of rotatable bonds is 5. The Morgan fingerprint density at radius 3 is 2.64 bits per heavy atom. The number of aromatic nitrogens is 4. The summed E-state index contributed by atoms with van der Waals surface area (Å²) in [4.78, 5) is 0.240. The minimum absolute atomic E-state index is 0.240. The highest BCUT2D eigenvalue weighted by Crippen LogP contribution is 2.28. The summed E-state index contributed by atoms with van der Waals surface area (Å²) < 4.78 is 43.5. The van der Waals surface area contributed by atoms with E-state index in [0.29, 0.717) is 23.2 Å². The maximum absolute atomic E-state index is 12.4. The summed E-state index contributed by atoms with van der Waals surface area (Å²) in [5.41, 5.74) is 3.11. The van der Waals surface area contributed by atoms with Crippen molar-refractivity contribution < 1.29 is 17.9 Å². The Morgan fingerprint density at radius 1 is 1.11 bits per heavy atom. The largest absolute Gasteiger partial charge is 0.573 e. The number of fused-ring (bicyclic) bond motifs is 1. The van der Waals surface area contributed by atoms with Crippen molar-refractivity contribution >= 4 is 21.6 Å². The van der Waals surface area contributed by atoms with Crippen LogP contribution >= 0.6 is 11.3 Å². The molecule has 0 fully saturated rings. The fourth-order valence-corrected chi connectivity index (χ4v) is 3.92. The number of nitrogens with one attached hydrogen (secondary N) is 2. The van der Waals surface area contributed by atoms with Crippen LogP contribution in [0.3, 0.4) is 0 Å². The van der Waals surface area contributed by atoms with Gasteiger partial charge >= 0.3 is 6.36 Å². The molecule has 0 saturated carbocycles. The number of thiazole rings is 1. The lowest BCUT2D eigenvalue weighted by atomic mass is 10.1. The summed E-state index contributed by atoms with van der Waals surface area (Å²) in [5.74, 6) is -0.295. The van der Waals surface area contributed by atoms with Crippen LogP contribution in [0.2, 0.25) is 0 Å². The zero-order chi connectivity index (χ0) is 19.7. The van der Waals surface area contributed by atoms with Crippen LogP contribution in [0.4, 0.5) is 13.2 Å². The van der Waals surface area contributed by atoms with Gasteiger partial charge in [-0.3, -0.25) is 5.41 Å². The topological polar surface area (TPSA) is 79.6 Å². The van der Waals surface area contributed by atoms with E-state index in [0.717, 1.165) is 28.3 Å². The predicted octanol–water partition coefficient (Wildman–Crippen LogP) is 4.11. The number of H-pyrrole nitrogens is 1. The van der Waals surface area contributed by atoms with Crippen LogP contribution in [0.1, 0.15) is 5.69 Å². The number of alkyl halides is 3. The molecule has 0 spiro atoms. The molecular weight excluding hydrogens is 391 g/mol. The molecule has 2 aromatic carbocycles. The van der Waals surface area contributed by atoms with Gasteiger partial charge < -0.3 is 9.30 Å². The van der Waals surface area contributed by atoms with E-state index < -0.39 is 6.36 Å². The van der Waals surface area contributed by atoms with Crippen LogP contribution in [0.5, 0.6) is 5.75 Å². The lowest BCUT2D eigenvalue weighted by molar-refractivity contribution is -0.274. The van der Waals surface area contributed by atoms with E-state index in [-0.39, 0.29) is 10.6 Å². The van der Waals surface area contributed by atoms with E-state index >= 15 is 0 Å². The molecule has 10 heteroatoms. The normalized spacial score (nSPS) is 11.8. The first-order chi connectivity index (χ1) is 13.4. The minimum atomic E-state index is -4.74. The van der Waals surface area contributed by atoms with Gasteiger partial charge in [-0.05, 0) is 18.2 Å². The summed E-state index contributed by atoms with van der Waals surface area (Å²) in [6.45, 7) is 0.449. The third-order valence-electron chi connectivity index (χ3n) is 4.15. The molecule has 4 rings (SSSR count). The SMILES string of the molecule is N=c1sc2cc(OC(F)(F)F)ccc2n1CCc1n[nH]nc1-c1ccccc1. The highest BCUT2D eigenvalue weighted by Gasteiger charge is 2.31. The monoisotopic (exact) mass is 405 g/mol. The summed E-state index contributed by atoms with van der Waals surface area (Å²) in [6, 6.07) is 13.7. The smallest absolute Gasteiger partial charge is 0.406 e. The highest BCUT2D eigenvalue weighted by molar-refractivity contribution is 7.16. The van der Waals surface area contributed by atoms with Gasteiger partial charge in [0.2, 0.25) is 0 Å². The van der Waals surface area contributed by atoms with Crippen molar-refractivity contribution in [2.75, 3.05) is 0 Å². The molecule has 0 bridgehead atoms. The van der Waals surface area contributed by atoms with Gasteiger partial charge in [0.15, 0.2) is 4.80 Å². The van der Waals surface area contributed by atoms with Gasteiger partial charge in [-0.25, -0.2) is 0 Å². The van der Waals surface area contributed by atoms with Gasteiger partial charge in [-0.1, -0.05) is 41.7 Å². The summed E-state index contributed by atoms with van der Waals surface area (Å²) in [6.07, 6.45) is -4.23. The third-order valence-corrected chi connectivity index (χ3v) is 5.11. The molecule has 0 aliphatic carbocycles. The Morgan fingerprint density at radius 2 is 1.89 bits per heavy atom. The first kappa shape index (κ1) is 18.2. The zero-order valence-corrected chi connectivity index (χ0v) is 15.1.